The Labute approximate surface area is 93.5 Å². The van der Waals surface area contributed by atoms with E-state index < -0.39 is 0 Å². The SMILES string of the molecule is CCC(CC)C(=NC1CCCCC1)NN. The first-order valence-corrected chi connectivity index (χ1v) is 6.36. The zero-order valence-corrected chi connectivity index (χ0v) is 10.1. The van der Waals surface area contributed by atoms with Gasteiger partial charge in [-0.25, -0.2) is 5.84 Å². The lowest BCUT2D eigenvalue weighted by atomic mass is 9.95. The van der Waals surface area contributed by atoms with Crippen LogP contribution in [0.1, 0.15) is 58.8 Å². The molecule has 1 aliphatic carbocycles. The molecule has 15 heavy (non-hydrogen) atoms. The standard InChI is InChI=1S/C12H25N3/c1-3-10(4-2)12(15-13)14-11-8-6-5-7-9-11/h10-11H,3-9,13H2,1-2H3,(H,14,15). The van der Waals surface area contributed by atoms with Crippen LogP contribution in [0.15, 0.2) is 4.99 Å². The van der Waals surface area contributed by atoms with Gasteiger partial charge >= 0.3 is 0 Å². The summed E-state index contributed by atoms with van der Waals surface area (Å²) in [6.45, 7) is 4.39. The van der Waals surface area contributed by atoms with Crippen LogP contribution >= 0.6 is 0 Å². The number of nitrogens with zero attached hydrogens (tertiary/aromatic N) is 1. The Morgan fingerprint density at radius 3 is 2.33 bits per heavy atom. The van der Waals surface area contributed by atoms with Gasteiger partial charge < -0.3 is 5.43 Å². The molecule has 88 valence electrons. The third kappa shape index (κ3) is 3.82. The maximum Gasteiger partial charge on any atom is 0.114 e. The molecule has 0 aliphatic heterocycles. The van der Waals surface area contributed by atoms with Crippen LogP contribution in [0.4, 0.5) is 0 Å². The van der Waals surface area contributed by atoms with Gasteiger partial charge in [-0.1, -0.05) is 33.1 Å². The van der Waals surface area contributed by atoms with E-state index in [1.165, 1.54) is 32.1 Å². The van der Waals surface area contributed by atoms with Crippen molar-refractivity contribution >= 4 is 5.84 Å². The third-order valence-corrected chi connectivity index (χ3v) is 3.42. The number of aliphatic imine (C=N–C) groups is 1. The summed E-state index contributed by atoms with van der Waals surface area (Å²) in [5.74, 6) is 7.09. The monoisotopic (exact) mass is 211 g/mol. The number of hydrazine groups is 1. The number of rotatable bonds is 4. The molecule has 1 saturated carbocycles. The van der Waals surface area contributed by atoms with E-state index in [4.69, 9.17) is 10.8 Å². The molecule has 3 nitrogen and oxygen atoms in total. The van der Waals surface area contributed by atoms with Gasteiger partial charge in [0.2, 0.25) is 0 Å². The van der Waals surface area contributed by atoms with Gasteiger partial charge in [0.25, 0.3) is 0 Å². The average Bonchev–Trinajstić information content (AvgIpc) is 2.30. The maximum atomic E-state index is 5.56. The largest absolute Gasteiger partial charge is 0.312 e. The fourth-order valence-electron chi connectivity index (χ4n) is 2.34. The molecule has 3 heteroatoms. The Morgan fingerprint density at radius 2 is 1.87 bits per heavy atom. The fraction of sp³-hybridized carbons (Fsp3) is 0.917. The minimum atomic E-state index is 0.511. The van der Waals surface area contributed by atoms with Crippen molar-refractivity contribution in [3.05, 3.63) is 0 Å². The van der Waals surface area contributed by atoms with E-state index in [0.717, 1.165) is 18.7 Å². The van der Waals surface area contributed by atoms with Gasteiger partial charge in [-0.15, -0.1) is 0 Å². The first-order valence-electron chi connectivity index (χ1n) is 6.36. The maximum absolute atomic E-state index is 5.56. The Morgan fingerprint density at radius 1 is 1.27 bits per heavy atom. The molecule has 0 aromatic rings. The lowest BCUT2D eigenvalue weighted by molar-refractivity contribution is 0.438. The van der Waals surface area contributed by atoms with Crippen LogP contribution in [0.5, 0.6) is 0 Å². The van der Waals surface area contributed by atoms with Crippen molar-refractivity contribution in [2.75, 3.05) is 0 Å². The van der Waals surface area contributed by atoms with Crippen molar-refractivity contribution in [3.63, 3.8) is 0 Å². The second-order valence-electron chi connectivity index (χ2n) is 4.46. The summed E-state index contributed by atoms with van der Waals surface area (Å²) < 4.78 is 0. The second kappa shape index (κ2) is 6.83. The topological polar surface area (TPSA) is 50.4 Å². The minimum Gasteiger partial charge on any atom is -0.312 e. The Bertz CT molecular complexity index is 191. The number of nitrogens with two attached hydrogens (primary N) is 1. The van der Waals surface area contributed by atoms with E-state index >= 15 is 0 Å². The third-order valence-electron chi connectivity index (χ3n) is 3.42. The lowest BCUT2D eigenvalue weighted by Crippen LogP contribution is -2.37. The van der Waals surface area contributed by atoms with Gasteiger partial charge in [-0.2, -0.15) is 0 Å². The number of nitrogens with one attached hydrogen (secondary N) is 1. The van der Waals surface area contributed by atoms with E-state index in [1.54, 1.807) is 0 Å². The predicted molar refractivity (Wildman–Crippen MR) is 65.7 cm³/mol. The molecular weight excluding hydrogens is 186 g/mol. The van der Waals surface area contributed by atoms with Crippen LogP contribution in [0.25, 0.3) is 0 Å². The molecule has 1 fully saturated rings. The lowest BCUT2D eigenvalue weighted by Gasteiger charge is -2.22. The van der Waals surface area contributed by atoms with E-state index in [0.29, 0.717) is 12.0 Å². The molecular formula is C12H25N3. The van der Waals surface area contributed by atoms with E-state index in [1.807, 2.05) is 0 Å². The summed E-state index contributed by atoms with van der Waals surface area (Å²) in [5.41, 5.74) is 2.80. The molecule has 0 saturated heterocycles. The number of hydrogen-bond donors (Lipinski definition) is 2. The highest BCUT2D eigenvalue weighted by atomic mass is 15.3. The van der Waals surface area contributed by atoms with Crippen molar-refractivity contribution < 1.29 is 0 Å². The zero-order chi connectivity index (χ0) is 11.1. The smallest absolute Gasteiger partial charge is 0.114 e. The zero-order valence-electron chi connectivity index (χ0n) is 10.1. The van der Waals surface area contributed by atoms with Crippen LogP contribution in [-0.4, -0.2) is 11.9 Å². The van der Waals surface area contributed by atoms with Crippen molar-refractivity contribution in [3.8, 4) is 0 Å². The second-order valence-corrected chi connectivity index (χ2v) is 4.46. The fourth-order valence-corrected chi connectivity index (χ4v) is 2.34. The molecule has 0 amide bonds. The quantitative estimate of drug-likeness (QED) is 0.325. The minimum absolute atomic E-state index is 0.511. The molecule has 0 heterocycles. The van der Waals surface area contributed by atoms with Gasteiger partial charge in [-0.05, 0) is 25.7 Å². The molecule has 0 radical (unpaired) electrons. The van der Waals surface area contributed by atoms with Crippen LogP contribution in [0.2, 0.25) is 0 Å². The molecule has 0 bridgehead atoms. The van der Waals surface area contributed by atoms with Crippen molar-refractivity contribution in [2.24, 2.45) is 16.8 Å². The normalized spacial score (nSPS) is 19.6. The summed E-state index contributed by atoms with van der Waals surface area (Å²) >= 11 is 0. The van der Waals surface area contributed by atoms with E-state index in [-0.39, 0.29) is 0 Å². The summed E-state index contributed by atoms with van der Waals surface area (Å²) in [7, 11) is 0. The highest BCUT2D eigenvalue weighted by Crippen LogP contribution is 2.21. The van der Waals surface area contributed by atoms with E-state index in [9.17, 15) is 0 Å². The van der Waals surface area contributed by atoms with Crippen LogP contribution < -0.4 is 11.3 Å². The Hall–Kier alpha value is -0.570. The summed E-state index contributed by atoms with van der Waals surface area (Å²) in [5, 5.41) is 0. The molecule has 0 spiro atoms. The number of hydrogen-bond acceptors (Lipinski definition) is 2. The van der Waals surface area contributed by atoms with Crippen molar-refractivity contribution in [1.29, 1.82) is 0 Å². The van der Waals surface area contributed by atoms with Gasteiger partial charge in [-0.3, -0.25) is 4.99 Å². The van der Waals surface area contributed by atoms with E-state index in [2.05, 4.69) is 19.3 Å². The molecule has 0 unspecified atom stereocenters. The van der Waals surface area contributed by atoms with Crippen LogP contribution in [0.3, 0.4) is 0 Å². The van der Waals surface area contributed by atoms with Gasteiger partial charge in [0.15, 0.2) is 0 Å². The molecule has 1 aliphatic rings. The summed E-state index contributed by atoms with van der Waals surface area (Å²) in [6, 6.07) is 0.519. The Kier molecular flexibility index (Phi) is 5.69. The molecule has 1 rings (SSSR count). The van der Waals surface area contributed by atoms with Crippen molar-refractivity contribution in [1.82, 2.24) is 5.43 Å². The molecule has 0 aromatic carbocycles. The van der Waals surface area contributed by atoms with Gasteiger partial charge in [0.05, 0.1) is 6.04 Å². The van der Waals surface area contributed by atoms with Crippen LogP contribution in [0, 0.1) is 5.92 Å². The molecule has 0 aromatic heterocycles. The van der Waals surface area contributed by atoms with Crippen molar-refractivity contribution in [2.45, 2.75) is 64.8 Å². The highest BCUT2D eigenvalue weighted by Gasteiger charge is 2.16. The summed E-state index contributed by atoms with van der Waals surface area (Å²) in [6.07, 6.45) is 8.75. The Balaban J connectivity index is 2.57. The van der Waals surface area contributed by atoms with Crippen LogP contribution in [-0.2, 0) is 0 Å². The first-order chi connectivity index (χ1) is 7.31. The predicted octanol–water partition coefficient (Wildman–Crippen LogP) is 2.62. The molecule has 0 atom stereocenters. The average molecular weight is 211 g/mol. The number of amidine groups is 1. The molecule has 3 N–H and O–H groups in total. The first kappa shape index (κ1) is 12.5. The highest BCUT2D eigenvalue weighted by molar-refractivity contribution is 5.84. The summed E-state index contributed by atoms with van der Waals surface area (Å²) in [4.78, 5) is 4.78. The van der Waals surface area contributed by atoms with Gasteiger partial charge in [0, 0.05) is 5.92 Å². The van der Waals surface area contributed by atoms with Gasteiger partial charge in [0.1, 0.15) is 5.84 Å².